The minimum Gasteiger partial charge on any atom is -0.340 e. The molecule has 35 heavy (non-hydrogen) atoms. The van der Waals surface area contributed by atoms with Gasteiger partial charge in [-0.15, -0.1) is 0 Å². The van der Waals surface area contributed by atoms with Gasteiger partial charge in [-0.1, -0.05) is 19.1 Å². The third-order valence-corrected chi connectivity index (χ3v) is 6.34. The van der Waals surface area contributed by atoms with E-state index in [-0.39, 0.29) is 5.91 Å². The molecule has 4 aromatic heterocycles. The number of imidazole rings is 1. The van der Waals surface area contributed by atoms with Crippen LogP contribution in [-0.2, 0) is 4.79 Å². The molecule has 0 spiro atoms. The Bertz CT molecular complexity index is 1490. The molecule has 1 atom stereocenters. The number of aromatic amines is 1. The minimum atomic E-state index is -0.634. The van der Waals surface area contributed by atoms with Crippen LogP contribution < -0.4 is 5.32 Å². The number of nitrogens with zero attached hydrogens (tertiary/aromatic N) is 4. The van der Waals surface area contributed by atoms with Crippen LogP contribution >= 0.6 is 11.3 Å². The summed E-state index contributed by atoms with van der Waals surface area (Å²) in [6.45, 7) is 1.96. The molecule has 0 aliphatic rings. The highest BCUT2D eigenvalue weighted by Crippen LogP contribution is 2.33. The van der Waals surface area contributed by atoms with Crippen LogP contribution in [0.5, 0.6) is 0 Å². The fourth-order valence-corrected chi connectivity index (χ4v) is 4.66. The third-order valence-electron chi connectivity index (χ3n) is 5.66. The van der Waals surface area contributed by atoms with Gasteiger partial charge in [0.25, 0.3) is 0 Å². The maximum Gasteiger partial charge on any atom is 0.224 e. The van der Waals surface area contributed by atoms with Crippen LogP contribution in [-0.4, -0.2) is 25.8 Å². The number of carbonyl (C=O) groups is 1. The van der Waals surface area contributed by atoms with Crippen LogP contribution in [0.1, 0.15) is 37.2 Å². The molecule has 0 saturated carbocycles. The topological polar surface area (TPSA) is 120 Å². The predicted molar refractivity (Wildman–Crippen MR) is 137 cm³/mol. The second kappa shape index (κ2) is 9.94. The first-order valence-corrected chi connectivity index (χ1v) is 12.2. The summed E-state index contributed by atoms with van der Waals surface area (Å²) in [5.74, 6) is 0.536. The van der Waals surface area contributed by atoms with Gasteiger partial charge in [0.1, 0.15) is 5.82 Å². The van der Waals surface area contributed by atoms with Crippen LogP contribution in [0.2, 0.25) is 0 Å². The van der Waals surface area contributed by atoms with Crippen LogP contribution in [0.15, 0.2) is 77.1 Å². The van der Waals surface area contributed by atoms with E-state index in [1.165, 1.54) is 0 Å². The van der Waals surface area contributed by atoms with Crippen molar-refractivity contribution >= 4 is 34.0 Å². The number of hydrogen-bond donors (Lipinski definition) is 3. The molecule has 0 bridgehead atoms. The maximum atomic E-state index is 12.0. The molecule has 1 unspecified atom stereocenters. The smallest absolute Gasteiger partial charge is 0.224 e. The van der Waals surface area contributed by atoms with Crippen molar-refractivity contribution in [1.29, 1.82) is 5.53 Å². The van der Waals surface area contributed by atoms with Crippen molar-refractivity contribution in [1.82, 2.24) is 19.9 Å². The molecule has 1 aromatic carbocycles. The molecule has 4 heterocycles. The lowest BCUT2D eigenvalue weighted by Crippen LogP contribution is -2.10. The van der Waals surface area contributed by atoms with Crippen LogP contribution in [0.25, 0.3) is 33.3 Å². The number of nitrogens with one attached hydrogen (secondary N) is 3. The van der Waals surface area contributed by atoms with Gasteiger partial charge in [0.05, 0.1) is 22.9 Å². The van der Waals surface area contributed by atoms with Gasteiger partial charge in [-0.25, -0.2) is 10.5 Å². The summed E-state index contributed by atoms with van der Waals surface area (Å²) >= 11 is 1.64. The number of aromatic nitrogens is 4. The first-order chi connectivity index (χ1) is 17.2. The number of amides is 1. The SMILES string of the molecule is CCCC(=O)Nc1cncc(-c2cncc(C(N=N)c3nc4c(-c5ccsc5)cccc4[nH]3)c2)c1. The Morgan fingerprint density at radius 1 is 1.11 bits per heavy atom. The Labute approximate surface area is 206 Å². The van der Waals surface area contributed by atoms with E-state index < -0.39 is 6.04 Å². The number of carbonyl (C=O) groups excluding carboxylic acids is 1. The highest BCUT2D eigenvalue weighted by atomic mass is 32.1. The maximum absolute atomic E-state index is 12.0. The molecule has 5 rings (SSSR count). The summed E-state index contributed by atoms with van der Waals surface area (Å²) in [6.07, 6.45) is 8.00. The zero-order valence-corrected chi connectivity index (χ0v) is 19.8. The second-order valence-electron chi connectivity index (χ2n) is 8.13. The molecule has 0 saturated heterocycles. The molecule has 0 aliphatic heterocycles. The van der Waals surface area contributed by atoms with Crippen molar-refractivity contribution < 1.29 is 4.79 Å². The van der Waals surface area contributed by atoms with Gasteiger partial charge in [0, 0.05) is 47.3 Å². The Hall–Kier alpha value is -4.24. The lowest BCUT2D eigenvalue weighted by molar-refractivity contribution is -0.116. The number of fused-ring (bicyclic) bond motifs is 1. The van der Waals surface area contributed by atoms with Crippen molar-refractivity contribution in [2.24, 2.45) is 5.11 Å². The monoisotopic (exact) mass is 481 g/mol. The van der Waals surface area contributed by atoms with Gasteiger partial charge in [-0.2, -0.15) is 16.5 Å². The van der Waals surface area contributed by atoms with Crippen molar-refractivity contribution in [3.8, 4) is 22.3 Å². The molecule has 8 nitrogen and oxygen atoms in total. The molecular formula is C26H23N7OS. The van der Waals surface area contributed by atoms with Gasteiger partial charge in [0.2, 0.25) is 5.91 Å². The van der Waals surface area contributed by atoms with E-state index in [0.717, 1.165) is 45.3 Å². The van der Waals surface area contributed by atoms with Crippen molar-refractivity contribution in [3.05, 3.63) is 83.3 Å². The van der Waals surface area contributed by atoms with Crippen molar-refractivity contribution in [2.75, 3.05) is 5.32 Å². The molecule has 0 aliphatic carbocycles. The Morgan fingerprint density at radius 2 is 1.94 bits per heavy atom. The van der Waals surface area contributed by atoms with E-state index in [1.54, 1.807) is 36.1 Å². The Morgan fingerprint density at radius 3 is 2.71 bits per heavy atom. The van der Waals surface area contributed by atoms with Crippen LogP contribution in [0.3, 0.4) is 0 Å². The third kappa shape index (κ3) is 4.71. The predicted octanol–water partition coefficient (Wildman–Crippen LogP) is 6.61. The average molecular weight is 482 g/mol. The van der Waals surface area contributed by atoms with Gasteiger partial charge < -0.3 is 10.3 Å². The number of H-pyrrole nitrogens is 1. The lowest BCUT2D eigenvalue weighted by atomic mass is 10.0. The quantitative estimate of drug-likeness (QED) is 0.216. The lowest BCUT2D eigenvalue weighted by Gasteiger charge is -2.11. The highest BCUT2D eigenvalue weighted by Gasteiger charge is 2.20. The fraction of sp³-hybridized carbons (Fsp3) is 0.154. The summed E-state index contributed by atoms with van der Waals surface area (Å²) in [5, 5.41) is 10.9. The van der Waals surface area contributed by atoms with E-state index >= 15 is 0 Å². The zero-order chi connectivity index (χ0) is 24.2. The minimum absolute atomic E-state index is 0.0434. The molecule has 3 N–H and O–H groups in total. The van der Waals surface area contributed by atoms with E-state index in [1.807, 2.05) is 42.6 Å². The van der Waals surface area contributed by atoms with Gasteiger partial charge in [0.15, 0.2) is 6.04 Å². The van der Waals surface area contributed by atoms with Gasteiger partial charge in [-0.05, 0) is 47.0 Å². The molecule has 174 valence electrons. The Balaban J connectivity index is 1.48. The zero-order valence-electron chi connectivity index (χ0n) is 19.0. The average Bonchev–Trinajstić information content (AvgIpc) is 3.55. The van der Waals surface area contributed by atoms with Gasteiger partial charge >= 0.3 is 0 Å². The molecule has 1 amide bonds. The standard InChI is InChI=1S/C26H23N7OS/c1-2-4-23(34)30-20-10-18(12-29-14-20)17-9-19(13-28-11-17)24(33-27)26-31-22-6-3-5-21(25(22)32-26)16-7-8-35-15-16/h3,5-15,24,27H,2,4H2,1H3,(H,30,34)(H,31,32). The number of thiophene rings is 1. The first kappa shape index (κ1) is 22.5. The van der Waals surface area contributed by atoms with E-state index in [4.69, 9.17) is 10.5 Å². The molecule has 9 heteroatoms. The normalized spacial score (nSPS) is 11.9. The Kier molecular flexibility index (Phi) is 6.40. The van der Waals surface area contributed by atoms with E-state index in [2.05, 4.69) is 36.8 Å². The van der Waals surface area contributed by atoms with Crippen molar-refractivity contribution in [3.63, 3.8) is 0 Å². The second-order valence-corrected chi connectivity index (χ2v) is 8.91. The van der Waals surface area contributed by atoms with Crippen molar-refractivity contribution in [2.45, 2.75) is 25.8 Å². The summed E-state index contributed by atoms with van der Waals surface area (Å²) in [7, 11) is 0. The van der Waals surface area contributed by atoms with Crippen LogP contribution in [0, 0.1) is 5.53 Å². The summed E-state index contributed by atoms with van der Waals surface area (Å²) < 4.78 is 0. The summed E-state index contributed by atoms with van der Waals surface area (Å²) in [4.78, 5) is 28.8. The van der Waals surface area contributed by atoms with E-state index in [0.29, 0.717) is 17.9 Å². The number of hydrogen-bond acceptors (Lipinski definition) is 7. The summed E-state index contributed by atoms with van der Waals surface area (Å²) in [5.41, 5.74) is 14.8. The molecule has 0 radical (unpaired) electrons. The molecular weight excluding hydrogens is 458 g/mol. The largest absolute Gasteiger partial charge is 0.340 e. The number of benzene rings is 1. The number of anilines is 1. The summed E-state index contributed by atoms with van der Waals surface area (Å²) in [6, 6.07) is 11.2. The van der Waals surface area contributed by atoms with Crippen LogP contribution in [0.4, 0.5) is 5.69 Å². The molecule has 0 fully saturated rings. The number of rotatable bonds is 8. The van der Waals surface area contributed by atoms with E-state index in [9.17, 15) is 4.79 Å². The molecule has 5 aromatic rings. The number of para-hydroxylation sites is 1. The fourth-order valence-electron chi connectivity index (χ4n) is 4.01. The highest BCUT2D eigenvalue weighted by molar-refractivity contribution is 7.08. The van der Waals surface area contributed by atoms with Gasteiger partial charge in [-0.3, -0.25) is 14.8 Å². The number of pyridine rings is 2. The first-order valence-electron chi connectivity index (χ1n) is 11.2.